The molecule has 0 spiro atoms. The summed E-state index contributed by atoms with van der Waals surface area (Å²) < 4.78 is 11.8. The van der Waals surface area contributed by atoms with Gasteiger partial charge in [0, 0.05) is 70.9 Å². The summed E-state index contributed by atoms with van der Waals surface area (Å²) in [6.45, 7) is 12.5. The predicted molar refractivity (Wildman–Crippen MR) is 194 cm³/mol. The van der Waals surface area contributed by atoms with Crippen LogP contribution in [0.2, 0.25) is 0 Å². The molecule has 3 saturated carbocycles. The van der Waals surface area contributed by atoms with Crippen molar-refractivity contribution >= 4 is 23.5 Å². The van der Waals surface area contributed by atoms with Crippen LogP contribution in [-0.2, 0) is 37.0 Å². The minimum Gasteiger partial charge on any atom is -0.496 e. The van der Waals surface area contributed by atoms with Crippen LogP contribution in [0.15, 0.2) is 36.4 Å². The average molecular weight is 692 g/mol. The number of benzene rings is 2. The molecular formula is C39H57N5O6. The molecule has 0 unspecified atom stereocenters. The second kappa shape index (κ2) is 14.9. The molecule has 4 aliphatic rings. The van der Waals surface area contributed by atoms with Gasteiger partial charge < -0.3 is 30.3 Å². The van der Waals surface area contributed by atoms with Crippen LogP contribution in [0.3, 0.4) is 0 Å². The van der Waals surface area contributed by atoms with E-state index >= 15 is 0 Å². The zero-order valence-electron chi connectivity index (χ0n) is 31.5. The number of ether oxygens (including phenoxy) is 2. The van der Waals surface area contributed by atoms with Crippen LogP contribution >= 0.6 is 0 Å². The molecule has 3 N–H and O–H groups in total. The SMILES string of the molecule is COc1c(CN2O[C@@H](CN)[C@@H]([C@H](C)OC(C)=O)[C@H]2C(=O)N[C@H]2C[C@H]3C[C@@H]([C@@H]2C)C3(C)C)cccc1-c1cc(CN(C)C(C)=O)cc(N(C)C)c1. The summed E-state index contributed by atoms with van der Waals surface area (Å²) in [5, 5.41) is 5.12. The molecule has 1 saturated heterocycles. The first-order valence-electron chi connectivity index (χ1n) is 17.9. The van der Waals surface area contributed by atoms with E-state index < -0.39 is 30.1 Å². The Bertz CT molecular complexity index is 1580. The van der Waals surface area contributed by atoms with Gasteiger partial charge in [0.15, 0.2) is 0 Å². The van der Waals surface area contributed by atoms with Gasteiger partial charge in [0.1, 0.15) is 17.9 Å². The van der Waals surface area contributed by atoms with Crippen molar-refractivity contribution < 1.29 is 28.7 Å². The Balaban J connectivity index is 1.49. The first kappa shape index (κ1) is 37.6. The highest BCUT2D eigenvalue weighted by Crippen LogP contribution is 2.61. The number of nitrogens with two attached hydrogens (primary N) is 1. The molecule has 11 nitrogen and oxygen atoms in total. The van der Waals surface area contributed by atoms with Crippen molar-refractivity contribution in [3.63, 3.8) is 0 Å². The minimum absolute atomic E-state index is 0.0127. The number of amides is 2. The van der Waals surface area contributed by atoms with E-state index in [0.717, 1.165) is 34.4 Å². The molecule has 1 aliphatic heterocycles. The van der Waals surface area contributed by atoms with Crippen molar-refractivity contribution in [2.24, 2.45) is 34.8 Å². The Hall–Kier alpha value is -3.67. The minimum atomic E-state index is -0.754. The van der Waals surface area contributed by atoms with Crippen molar-refractivity contribution in [2.75, 3.05) is 39.7 Å². The zero-order valence-corrected chi connectivity index (χ0v) is 31.5. The predicted octanol–water partition coefficient (Wildman–Crippen LogP) is 4.60. The van der Waals surface area contributed by atoms with Gasteiger partial charge in [-0.15, -0.1) is 0 Å². The monoisotopic (exact) mass is 691 g/mol. The molecule has 6 rings (SSSR count). The molecule has 1 heterocycles. The third kappa shape index (κ3) is 7.36. The Morgan fingerprint density at radius 3 is 2.42 bits per heavy atom. The average Bonchev–Trinajstić information content (AvgIpc) is 3.43. The number of methoxy groups -OCH3 is 1. The summed E-state index contributed by atoms with van der Waals surface area (Å²) in [5.74, 6) is 1.09. The van der Waals surface area contributed by atoms with Crippen LogP contribution in [-0.4, -0.2) is 86.8 Å². The molecule has 4 fully saturated rings. The van der Waals surface area contributed by atoms with Gasteiger partial charge in [-0.25, -0.2) is 0 Å². The molecule has 2 amide bonds. The molecule has 50 heavy (non-hydrogen) atoms. The molecule has 11 heteroatoms. The lowest BCUT2D eigenvalue weighted by atomic mass is 9.45. The number of fused-ring (bicyclic) bond motifs is 2. The molecule has 274 valence electrons. The zero-order chi connectivity index (χ0) is 36.7. The van der Waals surface area contributed by atoms with E-state index in [0.29, 0.717) is 30.0 Å². The van der Waals surface area contributed by atoms with Crippen molar-refractivity contribution in [1.82, 2.24) is 15.3 Å². The highest BCUT2D eigenvalue weighted by atomic mass is 16.7. The summed E-state index contributed by atoms with van der Waals surface area (Å²) in [7, 11) is 7.40. The van der Waals surface area contributed by atoms with Crippen LogP contribution in [0.5, 0.6) is 5.75 Å². The Labute approximate surface area is 297 Å². The van der Waals surface area contributed by atoms with Gasteiger partial charge in [-0.1, -0.05) is 39.0 Å². The topological polar surface area (TPSA) is 127 Å². The Morgan fingerprint density at radius 1 is 1.12 bits per heavy atom. The van der Waals surface area contributed by atoms with Crippen LogP contribution < -0.4 is 20.7 Å². The van der Waals surface area contributed by atoms with Gasteiger partial charge in [0.05, 0.1) is 25.7 Å². The normalized spacial score (nSPS) is 27.5. The van der Waals surface area contributed by atoms with Gasteiger partial charge in [0.2, 0.25) is 11.8 Å². The van der Waals surface area contributed by atoms with Crippen molar-refractivity contribution in [2.45, 2.75) is 91.8 Å². The second-order valence-corrected chi connectivity index (χ2v) is 15.5. The third-order valence-electron chi connectivity index (χ3n) is 11.8. The summed E-state index contributed by atoms with van der Waals surface area (Å²) >= 11 is 0. The third-order valence-corrected chi connectivity index (χ3v) is 11.8. The van der Waals surface area contributed by atoms with Gasteiger partial charge in [-0.2, -0.15) is 5.06 Å². The number of carbonyl (C=O) groups excluding carboxylic acids is 3. The standard InChI is InChI=1S/C39H57N5O6/c1-22-32-17-29(39(32,5)6)18-33(22)41-38(47)36-35(23(2)49-25(4)46)34(19-40)50-44(36)21-27-12-11-13-31(37(27)48-10)28-14-26(20-43(9)24(3)45)15-30(16-28)42(7)8/h11-16,22-23,29,32-36H,17-21,40H2,1-10H3,(H,41,47)/t22-,23-,29+,32-,33-,34-,35+,36-/m0/s1. The lowest BCUT2D eigenvalue weighted by molar-refractivity contribution is -0.175. The maximum absolute atomic E-state index is 14.4. The number of anilines is 1. The summed E-state index contributed by atoms with van der Waals surface area (Å²) in [6, 6.07) is 11.5. The smallest absolute Gasteiger partial charge is 0.302 e. The highest BCUT2D eigenvalue weighted by molar-refractivity contribution is 5.83. The number of hydrogen-bond acceptors (Lipinski definition) is 9. The number of rotatable bonds is 12. The summed E-state index contributed by atoms with van der Waals surface area (Å²) in [6.07, 6.45) is 1.01. The van der Waals surface area contributed by atoms with Crippen LogP contribution in [0.25, 0.3) is 11.1 Å². The molecule has 2 aromatic rings. The maximum atomic E-state index is 14.4. The fraction of sp³-hybridized carbons (Fsp3) is 0.615. The first-order chi connectivity index (χ1) is 23.6. The number of para-hydroxylation sites is 1. The fourth-order valence-corrected chi connectivity index (χ4v) is 8.76. The van der Waals surface area contributed by atoms with Gasteiger partial charge in [-0.3, -0.25) is 19.2 Å². The molecule has 0 aromatic heterocycles. The van der Waals surface area contributed by atoms with Gasteiger partial charge in [0.25, 0.3) is 0 Å². The maximum Gasteiger partial charge on any atom is 0.302 e. The number of nitrogens with zero attached hydrogens (tertiary/aromatic N) is 3. The number of hydrogen-bond donors (Lipinski definition) is 2. The molecular weight excluding hydrogens is 634 g/mol. The number of nitrogens with one attached hydrogen (secondary N) is 1. The van der Waals surface area contributed by atoms with E-state index in [2.05, 4.69) is 44.3 Å². The number of carbonyl (C=O) groups is 3. The van der Waals surface area contributed by atoms with Crippen LogP contribution in [0, 0.1) is 29.1 Å². The van der Waals surface area contributed by atoms with E-state index in [1.165, 1.54) is 13.3 Å². The fourth-order valence-electron chi connectivity index (χ4n) is 8.76. The van der Waals surface area contributed by atoms with E-state index in [1.807, 2.05) is 44.1 Å². The van der Waals surface area contributed by atoms with Crippen LogP contribution in [0.4, 0.5) is 5.69 Å². The molecule has 3 aliphatic carbocycles. The summed E-state index contributed by atoms with van der Waals surface area (Å²) in [4.78, 5) is 48.8. The lowest BCUT2D eigenvalue weighted by Crippen LogP contribution is -2.62. The number of esters is 1. The van der Waals surface area contributed by atoms with E-state index in [-0.39, 0.29) is 36.4 Å². The molecule has 2 aromatic carbocycles. The second-order valence-electron chi connectivity index (χ2n) is 15.5. The van der Waals surface area contributed by atoms with Gasteiger partial charge in [-0.05, 0) is 72.3 Å². The first-order valence-corrected chi connectivity index (χ1v) is 17.9. The van der Waals surface area contributed by atoms with Crippen molar-refractivity contribution in [1.29, 1.82) is 0 Å². The highest BCUT2D eigenvalue weighted by Gasteiger charge is 2.57. The molecule has 0 radical (unpaired) electrons. The molecule has 2 bridgehead atoms. The van der Waals surface area contributed by atoms with Crippen molar-refractivity contribution in [3.8, 4) is 16.9 Å². The molecule has 8 atom stereocenters. The van der Waals surface area contributed by atoms with Crippen molar-refractivity contribution in [3.05, 3.63) is 47.5 Å². The quantitative estimate of drug-likeness (QED) is 0.307. The Morgan fingerprint density at radius 2 is 1.84 bits per heavy atom. The van der Waals surface area contributed by atoms with E-state index in [1.54, 1.807) is 31.0 Å². The largest absolute Gasteiger partial charge is 0.496 e. The lowest BCUT2D eigenvalue weighted by Gasteiger charge is -2.62. The van der Waals surface area contributed by atoms with Gasteiger partial charge >= 0.3 is 5.97 Å². The van der Waals surface area contributed by atoms with E-state index in [4.69, 9.17) is 20.0 Å². The summed E-state index contributed by atoms with van der Waals surface area (Å²) in [5.41, 5.74) is 11.2. The van der Waals surface area contributed by atoms with Crippen LogP contribution in [0.1, 0.15) is 65.5 Å². The van der Waals surface area contributed by atoms with E-state index in [9.17, 15) is 14.4 Å². The Kier molecular flexibility index (Phi) is 11.2. The number of hydroxylamine groups is 2.